The van der Waals surface area contributed by atoms with E-state index in [-0.39, 0.29) is 68.3 Å². The first-order valence-electron chi connectivity index (χ1n) is 15.4. The monoisotopic (exact) mass is 699 g/mol. The second kappa shape index (κ2) is 13.4. The van der Waals surface area contributed by atoms with Crippen LogP contribution in [0.2, 0.25) is 5.02 Å². The Labute approximate surface area is 283 Å². The molecule has 49 heavy (non-hydrogen) atoms. The van der Waals surface area contributed by atoms with Gasteiger partial charge in [-0.15, -0.1) is 0 Å². The zero-order valence-corrected chi connectivity index (χ0v) is 27.1. The fourth-order valence-electron chi connectivity index (χ4n) is 5.93. The van der Waals surface area contributed by atoms with Crippen molar-refractivity contribution in [3.63, 3.8) is 0 Å². The number of nitrogens with one attached hydrogen (secondary N) is 2. The van der Waals surface area contributed by atoms with Crippen molar-refractivity contribution in [1.82, 2.24) is 39.4 Å². The fraction of sp³-hybridized carbons (Fsp3) is 0.355. The van der Waals surface area contributed by atoms with E-state index in [4.69, 9.17) is 23.1 Å². The van der Waals surface area contributed by atoms with Gasteiger partial charge in [0.2, 0.25) is 5.91 Å². The summed E-state index contributed by atoms with van der Waals surface area (Å²) >= 11 is 6.47. The molecule has 6 rings (SSSR count). The molecule has 3 amide bonds. The van der Waals surface area contributed by atoms with Gasteiger partial charge in [0, 0.05) is 57.1 Å². The Bertz CT molecular complexity index is 1910. The maximum atomic E-state index is 14.0. The molecule has 14 nitrogen and oxygen atoms in total. The summed E-state index contributed by atoms with van der Waals surface area (Å²) in [7, 11) is 1.39. The third-order valence-electron chi connectivity index (χ3n) is 8.66. The number of hydrogen-bond donors (Lipinski definition) is 4. The molecular weight excluding hydrogens is 667 g/mol. The van der Waals surface area contributed by atoms with Crippen molar-refractivity contribution in [1.29, 1.82) is 0 Å². The molecule has 2 aliphatic heterocycles. The average molecular weight is 700 g/mol. The van der Waals surface area contributed by atoms with Crippen molar-refractivity contribution in [2.24, 2.45) is 13.0 Å². The number of imidazole rings is 1. The number of piperazine rings is 1. The summed E-state index contributed by atoms with van der Waals surface area (Å²) < 4.78 is 44.3. The highest BCUT2D eigenvalue weighted by Gasteiger charge is 2.39. The molecule has 0 bridgehead atoms. The molecule has 0 aliphatic carbocycles. The van der Waals surface area contributed by atoms with Crippen LogP contribution in [0.15, 0.2) is 42.9 Å². The van der Waals surface area contributed by atoms with E-state index in [0.717, 1.165) is 43.0 Å². The number of aromatic nitrogens is 5. The summed E-state index contributed by atoms with van der Waals surface area (Å²) in [5.41, 5.74) is 10.6. The van der Waals surface area contributed by atoms with Crippen LogP contribution < -0.4 is 22.1 Å². The number of alkyl halides is 3. The van der Waals surface area contributed by atoms with Crippen molar-refractivity contribution in [2.75, 3.05) is 56.1 Å². The molecule has 18 heteroatoms. The van der Waals surface area contributed by atoms with Crippen LogP contribution in [-0.4, -0.2) is 91.1 Å². The summed E-state index contributed by atoms with van der Waals surface area (Å²) in [6.07, 6.45) is 0.220. The second-order valence-electron chi connectivity index (χ2n) is 11.8. The van der Waals surface area contributed by atoms with Crippen LogP contribution in [0.4, 0.5) is 30.2 Å². The van der Waals surface area contributed by atoms with Gasteiger partial charge in [-0.3, -0.25) is 14.4 Å². The minimum absolute atomic E-state index is 0.00682. The average Bonchev–Trinajstić information content (AvgIpc) is 3.70. The summed E-state index contributed by atoms with van der Waals surface area (Å²) in [5, 5.41) is 9.66. The summed E-state index contributed by atoms with van der Waals surface area (Å²) in [4.78, 5) is 50.9. The summed E-state index contributed by atoms with van der Waals surface area (Å²) in [6, 6.07) is 5.68. The lowest BCUT2D eigenvalue weighted by Crippen LogP contribution is -2.52. The third-order valence-corrected chi connectivity index (χ3v) is 8.98. The standard InChI is InChI=1S/C31H33ClF3N11O3/c1-43-24(20-16-46(42-26(20)31(33,34)35)25-13-22(36)23(37)14-39-25)15-40-27(43)28(47)41-18-2-3-19(21(32)12-18)30(49)45-10-8-44(9-11-45)29(48)17-4-6-38-7-5-17/h2-3,12-17,38H,4-11,37H2,1H3,(H2,36,39)(H,41,47). The minimum atomic E-state index is -4.85. The van der Waals surface area contributed by atoms with Gasteiger partial charge in [-0.2, -0.15) is 18.3 Å². The van der Waals surface area contributed by atoms with Crippen molar-refractivity contribution in [3.05, 3.63) is 65.0 Å². The lowest BCUT2D eigenvalue weighted by atomic mass is 9.96. The van der Waals surface area contributed by atoms with Crippen LogP contribution in [0.5, 0.6) is 0 Å². The summed E-state index contributed by atoms with van der Waals surface area (Å²) in [6.45, 7) is 3.25. The van der Waals surface area contributed by atoms with Gasteiger partial charge in [-0.1, -0.05) is 11.6 Å². The molecule has 0 unspecified atom stereocenters. The van der Waals surface area contributed by atoms with Gasteiger partial charge in [0.1, 0.15) is 0 Å². The zero-order valence-electron chi connectivity index (χ0n) is 26.3. The van der Waals surface area contributed by atoms with Gasteiger partial charge in [-0.25, -0.2) is 14.6 Å². The predicted octanol–water partition coefficient (Wildman–Crippen LogP) is 3.04. The first kappa shape index (κ1) is 33.7. The van der Waals surface area contributed by atoms with Crippen LogP contribution in [-0.2, 0) is 18.0 Å². The molecule has 2 fully saturated rings. The van der Waals surface area contributed by atoms with E-state index in [0.29, 0.717) is 26.2 Å². The van der Waals surface area contributed by atoms with E-state index >= 15 is 0 Å². The number of rotatable bonds is 6. The van der Waals surface area contributed by atoms with Gasteiger partial charge < -0.3 is 36.5 Å². The normalized spacial score (nSPS) is 15.8. The maximum Gasteiger partial charge on any atom is 0.435 e. The maximum absolute atomic E-state index is 14.0. The molecule has 2 saturated heterocycles. The van der Waals surface area contributed by atoms with Crippen molar-refractivity contribution >= 4 is 46.4 Å². The Kier molecular flexibility index (Phi) is 9.22. The van der Waals surface area contributed by atoms with E-state index in [1.807, 2.05) is 4.90 Å². The number of piperidine rings is 1. The molecule has 0 atom stereocenters. The van der Waals surface area contributed by atoms with Crippen LogP contribution in [0, 0.1) is 5.92 Å². The number of nitrogen functional groups attached to an aromatic ring is 2. The molecule has 258 valence electrons. The number of pyridine rings is 1. The summed E-state index contributed by atoms with van der Waals surface area (Å²) in [5.74, 6) is -1.09. The Morgan fingerprint density at radius 3 is 2.33 bits per heavy atom. The van der Waals surface area contributed by atoms with Gasteiger partial charge in [-0.05, 0) is 44.1 Å². The number of hydrogen-bond acceptors (Lipinski definition) is 9. The number of halogens is 4. The molecule has 0 spiro atoms. The van der Waals surface area contributed by atoms with Crippen LogP contribution in [0.3, 0.4) is 0 Å². The third kappa shape index (κ3) is 6.89. The minimum Gasteiger partial charge on any atom is -0.397 e. The molecule has 4 aromatic rings. The SMILES string of the molecule is Cn1c(-c2cn(-c3cc(N)c(N)cn3)nc2C(F)(F)F)cnc1C(=O)Nc1ccc(C(=O)N2CCN(C(=O)C3CCNCC3)CC2)c(Cl)c1. The highest BCUT2D eigenvalue weighted by Crippen LogP contribution is 2.37. The molecule has 6 N–H and O–H groups in total. The Balaban J connectivity index is 1.14. The lowest BCUT2D eigenvalue weighted by Gasteiger charge is -2.37. The van der Waals surface area contributed by atoms with Crippen molar-refractivity contribution in [2.45, 2.75) is 19.0 Å². The Morgan fingerprint density at radius 2 is 1.67 bits per heavy atom. The van der Waals surface area contributed by atoms with Crippen LogP contribution in [0.25, 0.3) is 17.1 Å². The lowest BCUT2D eigenvalue weighted by molar-refractivity contribution is -0.141. The Hall–Kier alpha value is -5.16. The Morgan fingerprint density at radius 1 is 0.980 bits per heavy atom. The quantitative estimate of drug-likeness (QED) is 0.235. The number of nitrogens with zero attached hydrogens (tertiary/aromatic N) is 7. The van der Waals surface area contributed by atoms with E-state index in [9.17, 15) is 27.6 Å². The molecule has 2 aliphatic rings. The molecule has 0 radical (unpaired) electrons. The van der Waals surface area contributed by atoms with Gasteiger partial charge in [0.25, 0.3) is 11.8 Å². The number of anilines is 3. The number of amides is 3. The van der Waals surface area contributed by atoms with E-state index in [1.165, 1.54) is 42.1 Å². The van der Waals surface area contributed by atoms with Crippen molar-refractivity contribution in [3.8, 4) is 17.1 Å². The van der Waals surface area contributed by atoms with E-state index < -0.39 is 17.8 Å². The zero-order chi connectivity index (χ0) is 35.0. The first-order chi connectivity index (χ1) is 23.3. The molecular formula is C31H33ClF3N11O3. The number of benzene rings is 1. The highest BCUT2D eigenvalue weighted by molar-refractivity contribution is 6.34. The topological polar surface area (TPSA) is 182 Å². The van der Waals surface area contributed by atoms with E-state index in [2.05, 4.69) is 25.7 Å². The molecule has 5 heterocycles. The number of nitrogens with two attached hydrogens (primary N) is 2. The van der Waals surface area contributed by atoms with Crippen molar-refractivity contribution < 1.29 is 27.6 Å². The highest BCUT2D eigenvalue weighted by atomic mass is 35.5. The van der Waals surface area contributed by atoms with Gasteiger partial charge >= 0.3 is 6.18 Å². The van der Waals surface area contributed by atoms with Crippen LogP contribution >= 0.6 is 11.6 Å². The molecule has 1 aromatic carbocycles. The number of carbonyl (C=O) groups is 3. The predicted molar refractivity (Wildman–Crippen MR) is 175 cm³/mol. The smallest absolute Gasteiger partial charge is 0.397 e. The molecule has 3 aromatic heterocycles. The van der Waals surface area contributed by atoms with Crippen LogP contribution in [0.1, 0.15) is 39.5 Å². The molecule has 0 saturated carbocycles. The van der Waals surface area contributed by atoms with E-state index in [1.54, 1.807) is 4.90 Å². The largest absolute Gasteiger partial charge is 0.435 e. The first-order valence-corrected chi connectivity index (χ1v) is 15.8. The van der Waals surface area contributed by atoms with Gasteiger partial charge in [0.05, 0.1) is 45.6 Å². The second-order valence-corrected chi connectivity index (χ2v) is 12.2. The van der Waals surface area contributed by atoms with Gasteiger partial charge in [0.15, 0.2) is 17.3 Å². The fourth-order valence-corrected chi connectivity index (χ4v) is 6.20. The number of carbonyl (C=O) groups excluding carboxylic acids is 3.